The van der Waals surface area contributed by atoms with E-state index >= 15 is 0 Å². The third-order valence-corrected chi connectivity index (χ3v) is 3.38. The van der Waals surface area contributed by atoms with E-state index in [1.165, 1.54) is 18.3 Å². The molecule has 4 N–H and O–H groups in total. The Balaban J connectivity index is 1.85. The highest BCUT2D eigenvalue weighted by Gasteiger charge is 2.09. The lowest BCUT2D eigenvalue weighted by Crippen LogP contribution is -2.12. The number of anilines is 2. The second-order valence-corrected chi connectivity index (χ2v) is 4.96. The molecule has 0 unspecified atom stereocenters. The molecule has 0 fully saturated rings. The summed E-state index contributed by atoms with van der Waals surface area (Å²) in [4.78, 5) is 23.2. The van der Waals surface area contributed by atoms with Crippen LogP contribution in [0.5, 0.6) is 0 Å². The molecule has 1 aromatic heterocycles. The number of hydrogen-bond donors (Lipinski definition) is 3. The van der Waals surface area contributed by atoms with Crippen molar-refractivity contribution in [2.45, 2.75) is 0 Å². The molecule has 3 aromatic rings. The monoisotopic (exact) mass is 323 g/mol. The Hall–Kier alpha value is -3.61. The van der Waals surface area contributed by atoms with Crippen LogP contribution in [0.25, 0.3) is 11.0 Å². The highest BCUT2D eigenvalue weighted by Crippen LogP contribution is 2.16. The number of aromatic carboxylic acids is 1. The Morgan fingerprint density at radius 1 is 1.17 bits per heavy atom. The maximum Gasteiger partial charge on any atom is 0.335 e. The van der Waals surface area contributed by atoms with Crippen LogP contribution < -0.4 is 16.6 Å². The van der Waals surface area contributed by atoms with E-state index in [1.54, 1.807) is 36.4 Å². The highest BCUT2D eigenvalue weighted by molar-refractivity contribution is 5.91. The van der Waals surface area contributed by atoms with Crippen molar-refractivity contribution in [3.8, 4) is 0 Å². The van der Waals surface area contributed by atoms with Crippen molar-refractivity contribution in [1.29, 1.82) is 0 Å². The van der Waals surface area contributed by atoms with Crippen LogP contribution in [0, 0.1) is 0 Å². The van der Waals surface area contributed by atoms with Crippen LogP contribution in [0.4, 0.5) is 11.6 Å². The van der Waals surface area contributed by atoms with Crippen LogP contribution >= 0.6 is 0 Å². The Bertz CT molecular complexity index is 991. The molecule has 120 valence electrons. The van der Waals surface area contributed by atoms with Gasteiger partial charge in [0, 0.05) is 0 Å². The molecule has 0 spiro atoms. The standard InChI is InChI=1S/C17H13N3O4/c18-16-13(15(21)12-3-1-2-4-14(12)24-16)9-19-20-11-7-5-10(6-8-11)17(22)23/h1-9,20H,18H2,(H,22,23)/b19-9+. The van der Waals surface area contributed by atoms with Crippen LogP contribution in [0.3, 0.4) is 0 Å². The zero-order valence-electron chi connectivity index (χ0n) is 12.4. The molecule has 0 aliphatic rings. The molecule has 2 aromatic carbocycles. The first-order valence-electron chi connectivity index (χ1n) is 7.00. The summed E-state index contributed by atoms with van der Waals surface area (Å²) >= 11 is 0. The van der Waals surface area contributed by atoms with Gasteiger partial charge in [0.15, 0.2) is 0 Å². The number of benzene rings is 2. The number of hydrogen-bond acceptors (Lipinski definition) is 6. The number of nitrogens with zero attached hydrogens (tertiary/aromatic N) is 1. The van der Waals surface area contributed by atoms with Gasteiger partial charge in [-0.25, -0.2) is 4.79 Å². The van der Waals surface area contributed by atoms with Crippen LogP contribution in [0.2, 0.25) is 0 Å². The van der Waals surface area contributed by atoms with Gasteiger partial charge in [-0.15, -0.1) is 0 Å². The maximum atomic E-state index is 12.4. The van der Waals surface area contributed by atoms with Crippen LogP contribution in [0.15, 0.2) is 62.8 Å². The van der Waals surface area contributed by atoms with Crippen molar-refractivity contribution in [3.63, 3.8) is 0 Å². The number of nitrogens with two attached hydrogens (primary N) is 1. The van der Waals surface area contributed by atoms with Gasteiger partial charge in [0.05, 0.1) is 22.9 Å². The molecule has 0 amide bonds. The quantitative estimate of drug-likeness (QED) is 0.501. The van der Waals surface area contributed by atoms with Crippen molar-refractivity contribution in [2.24, 2.45) is 5.10 Å². The SMILES string of the molecule is Nc1oc2ccccc2c(=O)c1/C=N/Nc1ccc(C(=O)O)cc1. The molecule has 24 heavy (non-hydrogen) atoms. The summed E-state index contributed by atoms with van der Waals surface area (Å²) in [6, 6.07) is 12.8. The molecule has 0 radical (unpaired) electrons. The average Bonchev–Trinajstić information content (AvgIpc) is 2.58. The Labute approximate surface area is 136 Å². The normalized spacial score (nSPS) is 11.0. The second kappa shape index (κ2) is 6.25. The number of carboxylic acids is 1. The highest BCUT2D eigenvalue weighted by atomic mass is 16.4. The first kappa shape index (κ1) is 15.3. The fraction of sp³-hybridized carbons (Fsp3) is 0. The molecule has 0 atom stereocenters. The fourth-order valence-electron chi connectivity index (χ4n) is 2.15. The topological polar surface area (TPSA) is 118 Å². The summed E-state index contributed by atoms with van der Waals surface area (Å²) in [7, 11) is 0. The lowest BCUT2D eigenvalue weighted by atomic mass is 10.2. The number of carbonyl (C=O) groups is 1. The molecule has 3 rings (SSSR count). The predicted molar refractivity (Wildman–Crippen MR) is 91.5 cm³/mol. The third kappa shape index (κ3) is 2.95. The fourth-order valence-corrected chi connectivity index (χ4v) is 2.15. The van der Waals surface area contributed by atoms with Crippen molar-refractivity contribution in [2.75, 3.05) is 11.2 Å². The smallest absolute Gasteiger partial charge is 0.335 e. The van der Waals surface area contributed by atoms with E-state index in [2.05, 4.69) is 10.5 Å². The predicted octanol–water partition coefficient (Wildman–Crippen LogP) is 2.52. The molecule has 0 saturated carbocycles. The number of rotatable bonds is 4. The molecule has 0 aliphatic heterocycles. The van der Waals surface area contributed by atoms with E-state index in [1.807, 2.05) is 0 Å². The number of nitrogen functional groups attached to an aromatic ring is 1. The van der Waals surface area contributed by atoms with E-state index < -0.39 is 5.97 Å². The zero-order valence-corrected chi connectivity index (χ0v) is 12.4. The van der Waals surface area contributed by atoms with Gasteiger partial charge in [0.25, 0.3) is 0 Å². The minimum atomic E-state index is -1.01. The molecule has 7 nitrogen and oxygen atoms in total. The van der Waals surface area contributed by atoms with Gasteiger partial charge in [0.1, 0.15) is 11.1 Å². The number of hydrazone groups is 1. The Morgan fingerprint density at radius 3 is 2.58 bits per heavy atom. The summed E-state index contributed by atoms with van der Waals surface area (Å²) in [6.45, 7) is 0. The number of carboxylic acid groups (broad SMARTS) is 1. The van der Waals surface area contributed by atoms with Gasteiger partial charge in [-0.3, -0.25) is 10.2 Å². The minimum Gasteiger partial charge on any atom is -0.478 e. The average molecular weight is 323 g/mol. The first-order valence-corrected chi connectivity index (χ1v) is 7.00. The van der Waals surface area contributed by atoms with E-state index in [-0.39, 0.29) is 22.4 Å². The van der Waals surface area contributed by atoms with Crippen LogP contribution in [0.1, 0.15) is 15.9 Å². The Morgan fingerprint density at radius 2 is 1.88 bits per heavy atom. The summed E-state index contributed by atoms with van der Waals surface area (Å²) in [5.74, 6) is -1.03. The molecule has 0 saturated heterocycles. The van der Waals surface area contributed by atoms with Gasteiger partial charge >= 0.3 is 5.97 Å². The van der Waals surface area contributed by atoms with Gasteiger partial charge in [-0.2, -0.15) is 5.10 Å². The first-order chi connectivity index (χ1) is 11.6. The summed E-state index contributed by atoms with van der Waals surface area (Å²) in [5, 5.41) is 13.2. The minimum absolute atomic E-state index is 0.0227. The number of para-hydroxylation sites is 1. The van der Waals surface area contributed by atoms with E-state index in [0.29, 0.717) is 16.7 Å². The van der Waals surface area contributed by atoms with E-state index in [4.69, 9.17) is 15.3 Å². The van der Waals surface area contributed by atoms with E-state index in [9.17, 15) is 9.59 Å². The summed E-state index contributed by atoms with van der Waals surface area (Å²) < 4.78 is 5.41. The van der Waals surface area contributed by atoms with Gasteiger partial charge in [-0.05, 0) is 36.4 Å². The largest absolute Gasteiger partial charge is 0.478 e. The van der Waals surface area contributed by atoms with Crippen molar-refractivity contribution < 1.29 is 14.3 Å². The lowest BCUT2D eigenvalue weighted by molar-refractivity contribution is 0.0697. The van der Waals surface area contributed by atoms with Gasteiger partial charge in [-0.1, -0.05) is 12.1 Å². The number of fused-ring (bicyclic) bond motifs is 1. The second-order valence-electron chi connectivity index (χ2n) is 4.96. The van der Waals surface area contributed by atoms with Crippen molar-refractivity contribution in [3.05, 3.63) is 69.9 Å². The molecular formula is C17H13N3O4. The van der Waals surface area contributed by atoms with Gasteiger partial charge < -0.3 is 15.3 Å². The van der Waals surface area contributed by atoms with Crippen LogP contribution in [-0.2, 0) is 0 Å². The maximum absolute atomic E-state index is 12.4. The molecule has 1 heterocycles. The van der Waals surface area contributed by atoms with Crippen molar-refractivity contribution in [1.82, 2.24) is 0 Å². The van der Waals surface area contributed by atoms with Gasteiger partial charge in [0.2, 0.25) is 11.3 Å². The number of nitrogens with one attached hydrogen (secondary N) is 1. The Kier molecular flexibility index (Phi) is 3.98. The van der Waals surface area contributed by atoms with Crippen molar-refractivity contribution >= 4 is 34.7 Å². The van der Waals surface area contributed by atoms with E-state index in [0.717, 1.165) is 0 Å². The summed E-state index contributed by atoms with van der Waals surface area (Å²) in [5.41, 5.74) is 9.49. The third-order valence-electron chi connectivity index (χ3n) is 3.38. The molecule has 7 heteroatoms. The lowest BCUT2D eigenvalue weighted by Gasteiger charge is -2.03. The molecule has 0 bridgehead atoms. The zero-order chi connectivity index (χ0) is 17.1. The molecular weight excluding hydrogens is 310 g/mol. The molecule has 0 aliphatic carbocycles. The van der Waals surface area contributed by atoms with Crippen LogP contribution in [-0.4, -0.2) is 17.3 Å². The summed E-state index contributed by atoms with van der Waals surface area (Å²) in [6.07, 6.45) is 1.28.